The van der Waals surface area contributed by atoms with Crippen LogP contribution >= 0.6 is 0 Å². The second-order valence-corrected chi connectivity index (χ2v) is 2.84. The second kappa shape index (κ2) is 17.1. The maximum absolute atomic E-state index is 8.47. The molecule has 0 aliphatic rings. The molecule has 0 aliphatic carbocycles. The van der Waals surface area contributed by atoms with Gasteiger partial charge in [0.15, 0.2) is 0 Å². The summed E-state index contributed by atoms with van der Waals surface area (Å²) in [6.07, 6.45) is 8.93. The van der Waals surface area contributed by atoms with Crippen LogP contribution < -0.4 is 11.7 Å². The normalized spacial score (nSPS) is 9.00. The number of hydrazine groups is 1. The Bertz CT molecular complexity index is 52.5. The average Bonchev–Trinajstić information content (AvgIpc) is 2.15. The van der Waals surface area contributed by atoms with Gasteiger partial charge in [0.25, 0.3) is 0 Å². The smallest absolute Gasteiger partial charge is 0.0431 e. The van der Waals surface area contributed by atoms with Crippen molar-refractivity contribution in [1.29, 1.82) is 0 Å². The van der Waals surface area contributed by atoms with Gasteiger partial charge in [-0.3, -0.25) is 11.7 Å². The molecule has 0 aliphatic heterocycles. The molecule has 3 nitrogen and oxygen atoms in total. The fourth-order valence-corrected chi connectivity index (χ4v) is 1.07. The van der Waals surface area contributed by atoms with Crippen molar-refractivity contribution in [1.82, 2.24) is 0 Å². The number of unbranched alkanes of at least 4 members (excludes halogenated alkanes) is 6. The lowest BCUT2D eigenvalue weighted by Crippen LogP contribution is -2.02. The fraction of sp³-hybridized carbons (Fsp3) is 1.00. The molecule has 0 saturated carbocycles. The van der Waals surface area contributed by atoms with Crippen LogP contribution in [0.25, 0.3) is 0 Å². The van der Waals surface area contributed by atoms with Gasteiger partial charge in [-0.25, -0.2) is 0 Å². The summed E-state index contributed by atoms with van der Waals surface area (Å²) < 4.78 is 0. The Balaban J connectivity index is 0. The molecule has 0 amide bonds. The molecule has 0 spiro atoms. The zero-order chi connectivity index (χ0) is 9.66. The van der Waals surface area contributed by atoms with Crippen molar-refractivity contribution in [3.05, 3.63) is 0 Å². The molecule has 76 valence electrons. The lowest BCUT2D eigenvalue weighted by atomic mass is 10.1. The molecule has 0 bridgehead atoms. The van der Waals surface area contributed by atoms with Crippen molar-refractivity contribution < 1.29 is 5.11 Å². The molecule has 0 unspecified atom stereocenters. The monoisotopic (exact) mass is 176 g/mol. The molecule has 3 heteroatoms. The average molecular weight is 176 g/mol. The third kappa shape index (κ3) is 16.5. The van der Waals surface area contributed by atoms with Gasteiger partial charge in [0.05, 0.1) is 0 Å². The summed E-state index contributed by atoms with van der Waals surface area (Å²) in [7, 11) is 0. The molecule has 0 aromatic heterocycles. The van der Waals surface area contributed by atoms with E-state index < -0.39 is 0 Å². The van der Waals surface area contributed by atoms with E-state index >= 15 is 0 Å². The van der Waals surface area contributed by atoms with Gasteiger partial charge in [0.2, 0.25) is 0 Å². The molecule has 0 radical (unpaired) electrons. The first-order valence-electron chi connectivity index (χ1n) is 4.86. The molecule has 0 aromatic rings. The highest BCUT2D eigenvalue weighted by Crippen LogP contribution is 2.05. The van der Waals surface area contributed by atoms with Gasteiger partial charge in [-0.05, 0) is 6.42 Å². The molecule has 0 heterocycles. The number of nitrogens with two attached hydrogens (primary N) is 2. The Morgan fingerprint density at radius 1 is 0.833 bits per heavy atom. The Morgan fingerprint density at radius 3 is 1.67 bits per heavy atom. The van der Waals surface area contributed by atoms with E-state index in [2.05, 4.69) is 18.6 Å². The van der Waals surface area contributed by atoms with Gasteiger partial charge in [-0.15, -0.1) is 0 Å². The minimum Gasteiger partial charge on any atom is -0.396 e. The van der Waals surface area contributed by atoms with Crippen LogP contribution in [0.1, 0.15) is 51.9 Å². The van der Waals surface area contributed by atoms with Crippen LogP contribution in [0.5, 0.6) is 0 Å². The van der Waals surface area contributed by atoms with Crippen LogP contribution in [0, 0.1) is 0 Å². The Morgan fingerprint density at radius 2 is 1.25 bits per heavy atom. The van der Waals surface area contributed by atoms with Crippen molar-refractivity contribution in [3.8, 4) is 0 Å². The van der Waals surface area contributed by atoms with Crippen molar-refractivity contribution in [2.45, 2.75) is 51.9 Å². The molecular weight excluding hydrogens is 152 g/mol. The molecule has 0 aromatic carbocycles. The standard InChI is InChI=1S/C9H20O.H4N2/c1-2-3-4-5-6-7-8-9-10;1-2/h10H,2-9H2,1H3;1-2H2. The minimum absolute atomic E-state index is 0.369. The Labute approximate surface area is 76.1 Å². The highest BCUT2D eigenvalue weighted by molar-refractivity contribution is 4.43. The van der Waals surface area contributed by atoms with Crippen LogP contribution in [0.15, 0.2) is 0 Å². The molecule has 0 saturated heterocycles. The number of aliphatic hydroxyl groups excluding tert-OH is 1. The number of aliphatic hydroxyl groups is 1. The summed E-state index contributed by atoms with van der Waals surface area (Å²) in [5.74, 6) is 8.00. The van der Waals surface area contributed by atoms with E-state index in [0.717, 1.165) is 6.42 Å². The minimum atomic E-state index is 0.369. The van der Waals surface area contributed by atoms with Crippen molar-refractivity contribution in [2.24, 2.45) is 11.7 Å². The van der Waals surface area contributed by atoms with Gasteiger partial charge in [-0.2, -0.15) is 0 Å². The van der Waals surface area contributed by atoms with Crippen LogP contribution in [0.3, 0.4) is 0 Å². The molecule has 5 N–H and O–H groups in total. The lowest BCUT2D eigenvalue weighted by Gasteiger charge is -1.97. The van der Waals surface area contributed by atoms with Gasteiger partial charge in [-0.1, -0.05) is 45.4 Å². The SMILES string of the molecule is CCCCCCCCCO.NN. The first-order valence-corrected chi connectivity index (χ1v) is 4.86. The van der Waals surface area contributed by atoms with E-state index in [0.29, 0.717) is 6.61 Å². The quantitative estimate of drug-likeness (QED) is 0.313. The molecule has 0 atom stereocenters. The number of rotatable bonds is 7. The van der Waals surface area contributed by atoms with E-state index in [1.54, 1.807) is 0 Å². The van der Waals surface area contributed by atoms with Crippen molar-refractivity contribution in [3.63, 3.8) is 0 Å². The summed E-state index contributed by atoms with van der Waals surface area (Å²) >= 11 is 0. The zero-order valence-electron chi connectivity index (χ0n) is 8.26. The fourth-order valence-electron chi connectivity index (χ4n) is 1.07. The van der Waals surface area contributed by atoms with Crippen molar-refractivity contribution >= 4 is 0 Å². The van der Waals surface area contributed by atoms with E-state index in [4.69, 9.17) is 5.11 Å². The molecule has 0 fully saturated rings. The van der Waals surface area contributed by atoms with E-state index in [1.807, 2.05) is 0 Å². The predicted molar refractivity (Wildman–Crippen MR) is 53.5 cm³/mol. The zero-order valence-corrected chi connectivity index (χ0v) is 8.26. The first-order chi connectivity index (χ1) is 5.91. The Kier molecular flexibility index (Phi) is 20.5. The maximum Gasteiger partial charge on any atom is 0.0431 e. The third-order valence-corrected chi connectivity index (χ3v) is 1.76. The predicted octanol–water partition coefficient (Wildman–Crippen LogP) is 1.55. The number of hydrogen-bond donors (Lipinski definition) is 3. The van der Waals surface area contributed by atoms with Crippen LogP contribution in [-0.2, 0) is 0 Å². The highest BCUT2D eigenvalue weighted by Gasteiger charge is 1.88. The van der Waals surface area contributed by atoms with Crippen LogP contribution in [-0.4, -0.2) is 11.7 Å². The maximum atomic E-state index is 8.47. The lowest BCUT2D eigenvalue weighted by molar-refractivity contribution is 0.282. The molecule has 12 heavy (non-hydrogen) atoms. The summed E-state index contributed by atoms with van der Waals surface area (Å²) in [6.45, 7) is 2.60. The summed E-state index contributed by atoms with van der Waals surface area (Å²) in [6, 6.07) is 0. The second-order valence-electron chi connectivity index (χ2n) is 2.84. The highest BCUT2D eigenvalue weighted by atomic mass is 16.2. The van der Waals surface area contributed by atoms with E-state index in [-0.39, 0.29) is 0 Å². The van der Waals surface area contributed by atoms with E-state index in [9.17, 15) is 0 Å². The topological polar surface area (TPSA) is 72.3 Å². The molecular formula is C9H24N2O. The van der Waals surface area contributed by atoms with Crippen molar-refractivity contribution in [2.75, 3.05) is 6.61 Å². The van der Waals surface area contributed by atoms with Gasteiger partial charge >= 0.3 is 0 Å². The van der Waals surface area contributed by atoms with Gasteiger partial charge in [0.1, 0.15) is 0 Å². The largest absolute Gasteiger partial charge is 0.396 e. The molecule has 0 rings (SSSR count). The Hall–Kier alpha value is -0.120. The summed E-state index contributed by atoms with van der Waals surface area (Å²) in [5, 5.41) is 8.47. The summed E-state index contributed by atoms with van der Waals surface area (Å²) in [4.78, 5) is 0. The van der Waals surface area contributed by atoms with Crippen LogP contribution in [0.2, 0.25) is 0 Å². The number of hydrogen-bond acceptors (Lipinski definition) is 3. The third-order valence-electron chi connectivity index (χ3n) is 1.76. The van der Waals surface area contributed by atoms with Gasteiger partial charge in [0, 0.05) is 6.61 Å². The van der Waals surface area contributed by atoms with Crippen LogP contribution in [0.4, 0.5) is 0 Å². The van der Waals surface area contributed by atoms with E-state index in [1.165, 1.54) is 38.5 Å². The summed E-state index contributed by atoms with van der Waals surface area (Å²) in [5.41, 5.74) is 0. The van der Waals surface area contributed by atoms with Gasteiger partial charge < -0.3 is 5.11 Å². The first kappa shape index (κ1) is 14.4.